The predicted octanol–water partition coefficient (Wildman–Crippen LogP) is 4.16. The Hall–Kier alpha value is -3.46. The molecule has 3 aromatic heterocycles. The van der Waals surface area contributed by atoms with Gasteiger partial charge in [0.1, 0.15) is 40.0 Å². The number of aryl methyl sites for hydroxylation is 2. The molecule has 26 heavy (non-hydrogen) atoms. The minimum absolute atomic E-state index is 0.366. The van der Waals surface area contributed by atoms with Crippen LogP contribution in [0.3, 0.4) is 0 Å². The number of furan rings is 1. The maximum atomic E-state index is 9.67. The highest BCUT2D eigenvalue weighted by Gasteiger charge is 2.23. The van der Waals surface area contributed by atoms with Crippen LogP contribution in [0.15, 0.2) is 28.8 Å². The van der Waals surface area contributed by atoms with Crippen LogP contribution in [0.5, 0.6) is 5.75 Å². The highest BCUT2D eigenvalue weighted by atomic mass is 16.5. The first kappa shape index (κ1) is 16.0. The van der Waals surface area contributed by atoms with Gasteiger partial charge in [-0.1, -0.05) is 6.07 Å². The van der Waals surface area contributed by atoms with E-state index in [-0.39, 0.29) is 0 Å². The third kappa shape index (κ3) is 2.01. The number of methoxy groups -OCH3 is 1. The van der Waals surface area contributed by atoms with Gasteiger partial charge in [0.05, 0.1) is 12.8 Å². The Morgan fingerprint density at radius 1 is 1.27 bits per heavy atom. The molecule has 130 valence electrons. The summed E-state index contributed by atoms with van der Waals surface area (Å²) in [4.78, 5) is 4.43. The van der Waals surface area contributed by atoms with Gasteiger partial charge in [-0.15, -0.1) is 0 Å². The van der Waals surface area contributed by atoms with Gasteiger partial charge in [-0.3, -0.25) is 9.55 Å². The molecular formula is C20H18N4O2. The number of fused-ring (bicyclic) bond motifs is 3. The van der Waals surface area contributed by atoms with Crippen molar-refractivity contribution in [3.63, 3.8) is 0 Å². The van der Waals surface area contributed by atoms with Crippen molar-refractivity contribution in [2.75, 3.05) is 12.8 Å². The fraction of sp³-hybridized carbons (Fsp3) is 0.200. The first-order chi connectivity index (χ1) is 12.5. The number of pyridine rings is 1. The molecule has 0 fully saturated rings. The molecule has 0 aliphatic carbocycles. The number of rotatable bonds is 2. The molecule has 6 heteroatoms. The first-order valence-corrected chi connectivity index (χ1v) is 8.21. The lowest BCUT2D eigenvalue weighted by Crippen LogP contribution is -2.06. The summed E-state index contributed by atoms with van der Waals surface area (Å²) in [6.45, 7) is 5.85. The van der Waals surface area contributed by atoms with E-state index in [0.717, 1.165) is 39.4 Å². The fourth-order valence-corrected chi connectivity index (χ4v) is 3.59. The topological polar surface area (TPSA) is 90.0 Å². The summed E-state index contributed by atoms with van der Waals surface area (Å²) in [5.41, 5.74) is 11.8. The van der Waals surface area contributed by atoms with Crippen molar-refractivity contribution in [1.29, 1.82) is 5.26 Å². The third-order valence-corrected chi connectivity index (χ3v) is 4.77. The molecule has 0 aliphatic heterocycles. The molecule has 0 saturated carbocycles. The number of hydrogen-bond acceptors (Lipinski definition) is 5. The molecular weight excluding hydrogens is 328 g/mol. The van der Waals surface area contributed by atoms with Crippen molar-refractivity contribution in [2.45, 2.75) is 20.8 Å². The van der Waals surface area contributed by atoms with E-state index in [9.17, 15) is 5.26 Å². The molecule has 4 rings (SSSR count). The van der Waals surface area contributed by atoms with Gasteiger partial charge in [0.25, 0.3) is 0 Å². The number of hydrogen-bond donors (Lipinski definition) is 1. The second-order valence-electron chi connectivity index (χ2n) is 6.36. The van der Waals surface area contributed by atoms with E-state index in [2.05, 4.69) is 11.1 Å². The second kappa shape index (κ2) is 5.53. The van der Waals surface area contributed by atoms with Gasteiger partial charge in [0.2, 0.25) is 0 Å². The Labute approximate surface area is 150 Å². The Morgan fingerprint density at radius 3 is 2.73 bits per heavy atom. The monoisotopic (exact) mass is 346 g/mol. The molecule has 3 heterocycles. The largest absolute Gasteiger partial charge is 0.496 e. The molecule has 0 radical (unpaired) electrons. The summed E-state index contributed by atoms with van der Waals surface area (Å²) in [5, 5.41) is 10.3. The predicted molar refractivity (Wildman–Crippen MR) is 101 cm³/mol. The lowest BCUT2D eigenvalue weighted by atomic mass is 10.1. The molecule has 0 saturated heterocycles. The van der Waals surface area contributed by atoms with E-state index in [4.69, 9.17) is 14.9 Å². The molecule has 2 N–H and O–H groups in total. The van der Waals surface area contributed by atoms with Crippen LogP contribution in [0.4, 0.5) is 5.82 Å². The molecule has 4 aromatic rings. The van der Waals surface area contributed by atoms with Crippen LogP contribution in [0.1, 0.15) is 22.5 Å². The van der Waals surface area contributed by atoms with E-state index in [1.165, 1.54) is 0 Å². The fourth-order valence-electron chi connectivity index (χ4n) is 3.59. The average molecular weight is 346 g/mol. The highest BCUT2D eigenvalue weighted by Crippen LogP contribution is 2.39. The van der Waals surface area contributed by atoms with Crippen molar-refractivity contribution >= 4 is 27.8 Å². The zero-order valence-electron chi connectivity index (χ0n) is 15.0. The SMILES string of the molecule is COc1ccc(C)c(-n2c(N)c(C#N)c3cnc4cc(C)oc4c32)c1C. The van der Waals surface area contributed by atoms with E-state index < -0.39 is 0 Å². The van der Waals surface area contributed by atoms with E-state index in [0.29, 0.717) is 22.4 Å². The molecule has 0 bridgehead atoms. The van der Waals surface area contributed by atoms with Gasteiger partial charge in [-0.2, -0.15) is 5.26 Å². The minimum atomic E-state index is 0.366. The lowest BCUT2D eigenvalue weighted by molar-refractivity contribution is 0.411. The third-order valence-electron chi connectivity index (χ3n) is 4.77. The van der Waals surface area contributed by atoms with Gasteiger partial charge in [-0.25, -0.2) is 0 Å². The summed E-state index contributed by atoms with van der Waals surface area (Å²) in [6, 6.07) is 7.99. The number of nitrogens with two attached hydrogens (primary N) is 1. The number of nitrogen functional groups attached to an aromatic ring is 1. The highest BCUT2D eigenvalue weighted by molar-refractivity contribution is 6.06. The zero-order chi connectivity index (χ0) is 18.6. The Morgan fingerprint density at radius 2 is 2.04 bits per heavy atom. The van der Waals surface area contributed by atoms with E-state index in [1.54, 1.807) is 13.3 Å². The quantitative estimate of drug-likeness (QED) is 0.588. The van der Waals surface area contributed by atoms with Gasteiger partial charge in [-0.05, 0) is 32.4 Å². The Kier molecular flexibility index (Phi) is 3.41. The summed E-state index contributed by atoms with van der Waals surface area (Å²) in [7, 11) is 1.64. The Balaban J connectivity index is 2.26. The second-order valence-corrected chi connectivity index (χ2v) is 6.36. The van der Waals surface area contributed by atoms with Crippen LogP contribution in [0.25, 0.3) is 27.7 Å². The van der Waals surface area contributed by atoms with Crippen LogP contribution in [-0.2, 0) is 0 Å². The smallest absolute Gasteiger partial charge is 0.177 e. The van der Waals surface area contributed by atoms with Crippen molar-refractivity contribution in [3.8, 4) is 17.5 Å². The van der Waals surface area contributed by atoms with Crippen molar-refractivity contribution in [2.24, 2.45) is 0 Å². The number of anilines is 1. The molecule has 1 aromatic carbocycles. The lowest BCUT2D eigenvalue weighted by Gasteiger charge is -2.17. The standard InChI is InChI=1S/C20H18N4O2/c1-10-5-6-16(25-4)12(3)17(10)24-18-14(13(8-21)20(24)22)9-23-15-7-11(2)26-19(15)18/h5-7,9H,22H2,1-4H3. The number of nitrogens with zero attached hydrogens (tertiary/aromatic N) is 3. The first-order valence-electron chi connectivity index (χ1n) is 8.21. The van der Waals surface area contributed by atoms with Crippen LogP contribution in [0.2, 0.25) is 0 Å². The average Bonchev–Trinajstić information content (AvgIpc) is 3.12. The summed E-state index contributed by atoms with van der Waals surface area (Å²) in [6.07, 6.45) is 1.68. The molecule has 0 amide bonds. The normalized spacial score (nSPS) is 11.2. The van der Waals surface area contributed by atoms with Crippen molar-refractivity contribution in [3.05, 3.63) is 46.8 Å². The molecule has 0 atom stereocenters. The minimum Gasteiger partial charge on any atom is -0.496 e. The van der Waals surface area contributed by atoms with Crippen LogP contribution < -0.4 is 10.5 Å². The van der Waals surface area contributed by atoms with Crippen molar-refractivity contribution in [1.82, 2.24) is 9.55 Å². The summed E-state index contributed by atoms with van der Waals surface area (Å²) >= 11 is 0. The molecule has 0 aliphatic rings. The van der Waals surface area contributed by atoms with Gasteiger partial charge in [0, 0.05) is 23.2 Å². The number of ether oxygens (including phenoxy) is 1. The maximum absolute atomic E-state index is 9.67. The number of benzene rings is 1. The molecule has 0 unspecified atom stereocenters. The van der Waals surface area contributed by atoms with Gasteiger partial charge >= 0.3 is 0 Å². The van der Waals surface area contributed by atoms with Gasteiger partial charge < -0.3 is 14.9 Å². The number of nitriles is 1. The number of aromatic nitrogens is 2. The Bertz CT molecular complexity index is 1220. The zero-order valence-corrected chi connectivity index (χ0v) is 15.0. The van der Waals surface area contributed by atoms with Crippen LogP contribution in [-0.4, -0.2) is 16.7 Å². The maximum Gasteiger partial charge on any atom is 0.177 e. The van der Waals surface area contributed by atoms with Crippen molar-refractivity contribution < 1.29 is 9.15 Å². The van der Waals surface area contributed by atoms with Crippen LogP contribution in [0, 0.1) is 32.1 Å². The summed E-state index contributed by atoms with van der Waals surface area (Å²) < 4.78 is 13.3. The summed E-state index contributed by atoms with van der Waals surface area (Å²) in [5.74, 6) is 1.88. The molecule has 0 spiro atoms. The van der Waals surface area contributed by atoms with Crippen LogP contribution >= 0.6 is 0 Å². The molecule has 6 nitrogen and oxygen atoms in total. The van der Waals surface area contributed by atoms with E-state index >= 15 is 0 Å². The van der Waals surface area contributed by atoms with Gasteiger partial charge in [0.15, 0.2) is 5.58 Å². The van der Waals surface area contributed by atoms with E-state index in [1.807, 2.05) is 43.5 Å².